The van der Waals surface area contributed by atoms with Gasteiger partial charge in [-0.25, -0.2) is 4.79 Å². The summed E-state index contributed by atoms with van der Waals surface area (Å²) in [6.07, 6.45) is 2.11. The average Bonchev–Trinajstić information content (AvgIpc) is 2.81. The van der Waals surface area contributed by atoms with Crippen LogP contribution >= 0.6 is 0 Å². The van der Waals surface area contributed by atoms with Gasteiger partial charge >= 0.3 is 6.03 Å². The minimum absolute atomic E-state index is 0.0534. The van der Waals surface area contributed by atoms with Crippen LogP contribution in [0.2, 0.25) is 0 Å². The molecule has 74 valence electrons. The van der Waals surface area contributed by atoms with Gasteiger partial charge in [-0.1, -0.05) is 0 Å². The van der Waals surface area contributed by atoms with Gasteiger partial charge in [0.1, 0.15) is 5.84 Å². The predicted molar refractivity (Wildman–Crippen MR) is 50.6 cm³/mol. The van der Waals surface area contributed by atoms with Crippen LogP contribution in [-0.2, 0) is 0 Å². The highest BCUT2D eigenvalue weighted by Gasteiger charge is 2.34. The van der Waals surface area contributed by atoms with E-state index in [1.807, 2.05) is 0 Å². The average molecular weight is 184 g/mol. The normalized spacial score (nSPS) is 17.7. The van der Waals surface area contributed by atoms with E-state index in [0.717, 1.165) is 12.8 Å². The molecule has 13 heavy (non-hydrogen) atoms. The topological polar surface area (TPSA) is 82.2 Å². The molecule has 0 heterocycles. The van der Waals surface area contributed by atoms with Crippen LogP contribution in [0.3, 0.4) is 0 Å². The molecule has 1 rings (SSSR count). The molecule has 4 N–H and O–H groups in total. The predicted octanol–water partition coefficient (Wildman–Crippen LogP) is -0.0278. The van der Waals surface area contributed by atoms with E-state index in [9.17, 15) is 4.79 Å². The zero-order valence-corrected chi connectivity index (χ0v) is 8.00. The Labute approximate surface area is 77.8 Å². The third-order valence-electron chi connectivity index (χ3n) is 2.11. The molecular weight excluding hydrogens is 168 g/mol. The third kappa shape index (κ3) is 2.61. The van der Waals surface area contributed by atoms with Crippen molar-refractivity contribution < 1.29 is 4.79 Å². The van der Waals surface area contributed by atoms with E-state index in [-0.39, 0.29) is 17.9 Å². The molecule has 0 aliphatic heterocycles. The van der Waals surface area contributed by atoms with Crippen LogP contribution in [0.4, 0.5) is 4.79 Å². The van der Waals surface area contributed by atoms with Crippen molar-refractivity contribution in [3.05, 3.63) is 0 Å². The lowest BCUT2D eigenvalue weighted by Crippen LogP contribution is -2.49. The first-order valence-electron chi connectivity index (χ1n) is 4.34. The van der Waals surface area contributed by atoms with E-state index in [4.69, 9.17) is 11.1 Å². The maximum Gasteiger partial charge on any atom is 0.317 e. The Morgan fingerprint density at radius 3 is 2.46 bits per heavy atom. The second-order valence-electron chi connectivity index (χ2n) is 3.61. The van der Waals surface area contributed by atoms with E-state index < -0.39 is 0 Å². The van der Waals surface area contributed by atoms with Crippen LogP contribution in [0.25, 0.3) is 0 Å². The van der Waals surface area contributed by atoms with E-state index in [1.54, 1.807) is 14.1 Å². The number of hydrogen-bond donors (Lipinski definition) is 3. The monoisotopic (exact) mass is 184 g/mol. The van der Waals surface area contributed by atoms with Gasteiger partial charge in [-0.3, -0.25) is 5.41 Å². The highest BCUT2D eigenvalue weighted by molar-refractivity contribution is 5.88. The molecule has 1 aliphatic rings. The second-order valence-corrected chi connectivity index (χ2v) is 3.61. The van der Waals surface area contributed by atoms with Crippen molar-refractivity contribution in [3.63, 3.8) is 0 Å². The molecule has 1 aliphatic carbocycles. The summed E-state index contributed by atoms with van der Waals surface area (Å²) < 4.78 is 0. The fourth-order valence-corrected chi connectivity index (χ4v) is 1.14. The van der Waals surface area contributed by atoms with Crippen LogP contribution < -0.4 is 11.1 Å². The molecule has 0 spiro atoms. The second kappa shape index (κ2) is 3.64. The third-order valence-corrected chi connectivity index (χ3v) is 2.11. The zero-order chi connectivity index (χ0) is 10.0. The summed E-state index contributed by atoms with van der Waals surface area (Å²) in [7, 11) is 3.33. The van der Waals surface area contributed by atoms with Gasteiger partial charge in [-0.05, 0) is 18.8 Å². The van der Waals surface area contributed by atoms with Crippen molar-refractivity contribution in [1.82, 2.24) is 10.2 Å². The van der Waals surface area contributed by atoms with E-state index >= 15 is 0 Å². The molecule has 1 fully saturated rings. The molecule has 5 nitrogen and oxygen atoms in total. The summed E-state index contributed by atoms with van der Waals surface area (Å²) in [5.74, 6) is 0.430. The Kier molecular flexibility index (Phi) is 2.75. The van der Waals surface area contributed by atoms with Gasteiger partial charge in [-0.2, -0.15) is 0 Å². The summed E-state index contributed by atoms with van der Waals surface area (Å²) >= 11 is 0. The van der Waals surface area contributed by atoms with Crippen molar-refractivity contribution in [3.8, 4) is 0 Å². The Morgan fingerprint density at radius 2 is 2.15 bits per heavy atom. The number of carbonyl (C=O) groups is 1. The molecule has 0 bridgehead atoms. The van der Waals surface area contributed by atoms with Crippen molar-refractivity contribution in [2.75, 3.05) is 14.1 Å². The Hall–Kier alpha value is -1.26. The highest BCUT2D eigenvalue weighted by atomic mass is 16.2. The number of hydrogen-bond acceptors (Lipinski definition) is 2. The smallest absolute Gasteiger partial charge is 0.317 e. The Morgan fingerprint density at radius 1 is 1.62 bits per heavy atom. The lowest BCUT2D eigenvalue weighted by Gasteiger charge is -2.19. The number of carbonyl (C=O) groups excluding carboxylic acids is 1. The minimum Gasteiger partial charge on any atom is -0.386 e. The summed E-state index contributed by atoms with van der Waals surface area (Å²) in [5.41, 5.74) is 5.38. The molecule has 1 unspecified atom stereocenters. The van der Waals surface area contributed by atoms with Crippen molar-refractivity contribution in [2.24, 2.45) is 11.7 Å². The minimum atomic E-state index is -0.269. The Bertz CT molecular complexity index is 222. The van der Waals surface area contributed by atoms with Gasteiger partial charge in [0.15, 0.2) is 0 Å². The van der Waals surface area contributed by atoms with E-state index in [0.29, 0.717) is 5.92 Å². The lowest BCUT2D eigenvalue weighted by molar-refractivity contribution is 0.215. The van der Waals surface area contributed by atoms with Crippen LogP contribution in [0.15, 0.2) is 0 Å². The van der Waals surface area contributed by atoms with Gasteiger partial charge in [-0.15, -0.1) is 0 Å². The molecule has 1 atom stereocenters. The van der Waals surface area contributed by atoms with Crippen LogP contribution in [0.1, 0.15) is 12.8 Å². The first-order chi connectivity index (χ1) is 6.02. The quantitative estimate of drug-likeness (QED) is 0.425. The summed E-state index contributed by atoms with van der Waals surface area (Å²) in [4.78, 5) is 12.7. The molecule has 2 amide bonds. The fourth-order valence-electron chi connectivity index (χ4n) is 1.14. The first-order valence-corrected chi connectivity index (χ1v) is 4.34. The maximum atomic E-state index is 11.3. The molecule has 0 saturated heterocycles. The maximum absolute atomic E-state index is 11.3. The van der Waals surface area contributed by atoms with Gasteiger partial charge in [0, 0.05) is 14.1 Å². The van der Waals surface area contributed by atoms with Crippen LogP contribution in [0.5, 0.6) is 0 Å². The highest BCUT2D eigenvalue weighted by Crippen LogP contribution is 2.32. The lowest BCUT2D eigenvalue weighted by atomic mass is 10.2. The van der Waals surface area contributed by atoms with Gasteiger partial charge in [0.25, 0.3) is 0 Å². The largest absolute Gasteiger partial charge is 0.386 e. The fraction of sp³-hybridized carbons (Fsp3) is 0.750. The standard InChI is InChI=1S/C8H16N4O/c1-12(2)8(13)11-6(7(9)10)5-3-4-5/h5-6H,3-4H2,1-2H3,(H3,9,10)(H,11,13). The first kappa shape index (κ1) is 9.83. The van der Waals surface area contributed by atoms with Crippen molar-refractivity contribution in [1.29, 1.82) is 5.41 Å². The van der Waals surface area contributed by atoms with E-state index in [1.165, 1.54) is 4.90 Å². The van der Waals surface area contributed by atoms with Gasteiger partial charge in [0.2, 0.25) is 0 Å². The number of rotatable bonds is 3. The Balaban J connectivity index is 2.47. The molecule has 0 radical (unpaired) electrons. The molecule has 0 aromatic heterocycles. The van der Waals surface area contributed by atoms with Crippen molar-refractivity contribution in [2.45, 2.75) is 18.9 Å². The van der Waals surface area contributed by atoms with Gasteiger partial charge in [0.05, 0.1) is 6.04 Å². The summed E-state index contributed by atoms with van der Waals surface area (Å²) in [6, 6.07) is -0.456. The van der Waals surface area contributed by atoms with Crippen molar-refractivity contribution >= 4 is 11.9 Å². The number of amidine groups is 1. The van der Waals surface area contributed by atoms with Crippen LogP contribution in [-0.4, -0.2) is 36.9 Å². The molecule has 0 aromatic carbocycles. The summed E-state index contributed by atoms with van der Waals surface area (Å²) in [5, 5.41) is 10.0. The number of nitrogens with zero attached hydrogens (tertiary/aromatic N) is 1. The number of urea groups is 1. The van der Waals surface area contributed by atoms with Gasteiger partial charge < -0.3 is 16.0 Å². The van der Waals surface area contributed by atoms with E-state index in [2.05, 4.69) is 5.32 Å². The molecule has 5 heteroatoms. The number of amides is 2. The zero-order valence-electron chi connectivity index (χ0n) is 8.00. The molecule has 0 aromatic rings. The number of nitrogens with two attached hydrogens (primary N) is 1. The number of nitrogens with one attached hydrogen (secondary N) is 2. The SMILES string of the molecule is CN(C)C(=O)NC(C(=N)N)C1CC1. The summed E-state index contributed by atoms with van der Waals surface area (Å²) in [6.45, 7) is 0. The molecule has 1 saturated carbocycles. The van der Waals surface area contributed by atoms with Crippen LogP contribution in [0, 0.1) is 11.3 Å². The molecular formula is C8H16N4O.